The zero-order valence-corrected chi connectivity index (χ0v) is 11.3. The Hall–Kier alpha value is -0.670. The highest BCUT2D eigenvalue weighted by atomic mass is 19.3. The third-order valence-electron chi connectivity index (χ3n) is 4.49. The molecule has 0 bridgehead atoms. The van der Waals surface area contributed by atoms with Crippen molar-refractivity contribution in [3.05, 3.63) is 0 Å². The molecular formula is C14H23F2NO. The van der Waals surface area contributed by atoms with Crippen LogP contribution in [0.2, 0.25) is 0 Å². The number of nitrogens with zero attached hydrogens (tertiary/aromatic N) is 1. The second kappa shape index (κ2) is 5.14. The predicted octanol–water partition coefficient (Wildman–Crippen LogP) is 3.32. The minimum absolute atomic E-state index is 0.0138. The summed E-state index contributed by atoms with van der Waals surface area (Å²) in [7, 11) is 0. The average molecular weight is 259 g/mol. The van der Waals surface area contributed by atoms with Crippen molar-refractivity contribution in [3.8, 4) is 0 Å². The van der Waals surface area contributed by atoms with Gasteiger partial charge in [-0.15, -0.1) is 0 Å². The number of likely N-dealkylation sites (tertiary alicyclic amines) is 1. The van der Waals surface area contributed by atoms with E-state index in [1.807, 2.05) is 0 Å². The molecule has 2 rings (SSSR count). The molecule has 0 aromatic carbocycles. The zero-order chi connectivity index (χ0) is 13.3. The molecule has 104 valence electrons. The van der Waals surface area contributed by atoms with Crippen LogP contribution in [0.4, 0.5) is 8.78 Å². The van der Waals surface area contributed by atoms with Crippen LogP contribution in [0.5, 0.6) is 0 Å². The molecule has 0 spiro atoms. The Morgan fingerprint density at radius 1 is 1.33 bits per heavy atom. The number of carbonyl (C=O) groups excluding carboxylic acids is 1. The van der Waals surface area contributed by atoms with Crippen LogP contribution in [0.15, 0.2) is 0 Å². The lowest BCUT2D eigenvalue weighted by atomic mass is 9.76. The number of alkyl halides is 2. The Balaban J connectivity index is 1.93. The van der Waals surface area contributed by atoms with Crippen molar-refractivity contribution < 1.29 is 13.6 Å². The highest BCUT2D eigenvalue weighted by Crippen LogP contribution is 2.36. The van der Waals surface area contributed by atoms with Gasteiger partial charge in [-0.05, 0) is 24.7 Å². The molecule has 0 N–H and O–H groups in total. The molecule has 2 aliphatic rings. The number of rotatable bonds is 2. The van der Waals surface area contributed by atoms with Gasteiger partial charge in [-0.1, -0.05) is 26.7 Å². The number of carbonyl (C=O) groups is 1. The third kappa shape index (κ3) is 3.01. The van der Waals surface area contributed by atoms with Gasteiger partial charge in [-0.25, -0.2) is 8.78 Å². The van der Waals surface area contributed by atoms with E-state index in [2.05, 4.69) is 13.8 Å². The van der Waals surface area contributed by atoms with Gasteiger partial charge < -0.3 is 4.90 Å². The first-order chi connectivity index (χ1) is 8.39. The average Bonchev–Trinajstić information content (AvgIpc) is 2.69. The predicted molar refractivity (Wildman–Crippen MR) is 66.4 cm³/mol. The summed E-state index contributed by atoms with van der Waals surface area (Å²) in [6, 6.07) is 0. The molecule has 1 heterocycles. The molecule has 0 radical (unpaired) electrons. The van der Waals surface area contributed by atoms with E-state index in [4.69, 9.17) is 0 Å². The molecule has 4 heteroatoms. The minimum Gasteiger partial charge on any atom is -0.336 e. The molecule has 2 atom stereocenters. The van der Waals surface area contributed by atoms with E-state index in [9.17, 15) is 13.6 Å². The largest absolute Gasteiger partial charge is 0.336 e. The maximum absolute atomic E-state index is 13.1. The summed E-state index contributed by atoms with van der Waals surface area (Å²) in [5, 5.41) is 0. The number of hydrogen-bond acceptors (Lipinski definition) is 1. The van der Waals surface area contributed by atoms with Crippen LogP contribution >= 0.6 is 0 Å². The van der Waals surface area contributed by atoms with Gasteiger partial charge in [0.15, 0.2) is 0 Å². The SMILES string of the molecule is CC(C)C1CCCC(C(=O)N2CCC(F)(F)C2)C1. The van der Waals surface area contributed by atoms with E-state index in [1.54, 1.807) is 0 Å². The van der Waals surface area contributed by atoms with Crippen molar-refractivity contribution in [2.24, 2.45) is 17.8 Å². The highest BCUT2D eigenvalue weighted by Gasteiger charge is 2.42. The van der Waals surface area contributed by atoms with Gasteiger partial charge in [0.2, 0.25) is 5.91 Å². The number of amides is 1. The van der Waals surface area contributed by atoms with Gasteiger partial charge >= 0.3 is 0 Å². The van der Waals surface area contributed by atoms with Gasteiger partial charge in [0.25, 0.3) is 5.92 Å². The van der Waals surface area contributed by atoms with E-state index in [1.165, 1.54) is 11.3 Å². The third-order valence-corrected chi connectivity index (χ3v) is 4.49. The molecule has 1 amide bonds. The van der Waals surface area contributed by atoms with Gasteiger partial charge in [-0.2, -0.15) is 0 Å². The first-order valence-corrected chi connectivity index (χ1v) is 7.05. The highest BCUT2D eigenvalue weighted by molar-refractivity contribution is 5.79. The molecule has 2 fully saturated rings. The Morgan fingerprint density at radius 3 is 2.61 bits per heavy atom. The lowest BCUT2D eigenvalue weighted by molar-refractivity contribution is -0.137. The Labute approximate surface area is 108 Å². The summed E-state index contributed by atoms with van der Waals surface area (Å²) < 4.78 is 26.3. The second-order valence-electron chi connectivity index (χ2n) is 6.23. The standard InChI is InChI=1S/C14H23F2NO/c1-10(2)11-4-3-5-12(8-11)13(18)17-7-6-14(15,16)9-17/h10-12H,3-9H2,1-2H3. The van der Waals surface area contributed by atoms with E-state index in [0.29, 0.717) is 11.8 Å². The van der Waals surface area contributed by atoms with Crippen LogP contribution < -0.4 is 0 Å². The molecule has 2 nitrogen and oxygen atoms in total. The Morgan fingerprint density at radius 2 is 2.06 bits per heavy atom. The molecule has 18 heavy (non-hydrogen) atoms. The number of hydrogen-bond donors (Lipinski definition) is 0. The van der Waals surface area contributed by atoms with E-state index in [0.717, 1.165) is 19.3 Å². The van der Waals surface area contributed by atoms with Crippen LogP contribution in [-0.2, 0) is 4.79 Å². The van der Waals surface area contributed by atoms with Crippen molar-refractivity contribution in [2.45, 2.75) is 51.9 Å². The molecule has 1 saturated heterocycles. The van der Waals surface area contributed by atoms with Gasteiger partial charge in [0.05, 0.1) is 6.54 Å². The summed E-state index contributed by atoms with van der Waals surface area (Å²) >= 11 is 0. The molecule has 1 aliphatic heterocycles. The van der Waals surface area contributed by atoms with Crippen LogP contribution in [0, 0.1) is 17.8 Å². The van der Waals surface area contributed by atoms with Gasteiger partial charge in [-0.3, -0.25) is 4.79 Å². The maximum Gasteiger partial charge on any atom is 0.267 e. The fourth-order valence-corrected chi connectivity index (χ4v) is 3.24. The van der Waals surface area contributed by atoms with E-state index < -0.39 is 5.92 Å². The molecule has 1 aliphatic carbocycles. The second-order valence-corrected chi connectivity index (χ2v) is 6.23. The zero-order valence-electron chi connectivity index (χ0n) is 11.3. The summed E-state index contributed by atoms with van der Waals surface area (Å²) in [6.07, 6.45) is 3.84. The Bertz CT molecular complexity index is 317. The lowest BCUT2D eigenvalue weighted by Crippen LogP contribution is -2.38. The van der Waals surface area contributed by atoms with Gasteiger partial charge in [0, 0.05) is 18.9 Å². The normalized spacial score (nSPS) is 31.9. The summed E-state index contributed by atoms with van der Waals surface area (Å²) in [5.41, 5.74) is 0. The number of halogens is 2. The van der Waals surface area contributed by atoms with E-state index in [-0.39, 0.29) is 31.3 Å². The minimum atomic E-state index is -2.66. The van der Waals surface area contributed by atoms with Crippen molar-refractivity contribution in [1.29, 1.82) is 0 Å². The maximum atomic E-state index is 13.1. The van der Waals surface area contributed by atoms with Gasteiger partial charge in [0.1, 0.15) is 0 Å². The smallest absolute Gasteiger partial charge is 0.267 e. The summed E-state index contributed by atoms with van der Waals surface area (Å²) in [6.45, 7) is 4.23. The van der Waals surface area contributed by atoms with Crippen molar-refractivity contribution >= 4 is 5.91 Å². The lowest BCUT2D eigenvalue weighted by Gasteiger charge is -2.33. The quantitative estimate of drug-likeness (QED) is 0.745. The van der Waals surface area contributed by atoms with Crippen LogP contribution in [-0.4, -0.2) is 29.8 Å². The molecule has 1 saturated carbocycles. The van der Waals surface area contributed by atoms with Crippen LogP contribution in [0.3, 0.4) is 0 Å². The van der Waals surface area contributed by atoms with E-state index >= 15 is 0 Å². The molecular weight excluding hydrogens is 236 g/mol. The van der Waals surface area contributed by atoms with Crippen LogP contribution in [0.25, 0.3) is 0 Å². The van der Waals surface area contributed by atoms with Crippen molar-refractivity contribution in [3.63, 3.8) is 0 Å². The van der Waals surface area contributed by atoms with Crippen molar-refractivity contribution in [2.75, 3.05) is 13.1 Å². The molecule has 0 aromatic heterocycles. The first-order valence-electron chi connectivity index (χ1n) is 7.05. The summed E-state index contributed by atoms with van der Waals surface area (Å²) in [5.74, 6) is -1.55. The fraction of sp³-hybridized carbons (Fsp3) is 0.929. The summed E-state index contributed by atoms with van der Waals surface area (Å²) in [4.78, 5) is 13.6. The first kappa shape index (κ1) is 13.8. The fourth-order valence-electron chi connectivity index (χ4n) is 3.24. The topological polar surface area (TPSA) is 20.3 Å². The Kier molecular flexibility index (Phi) is 3.93. The monoisotopic (exact) mass is 259 g/mol. The molecule has 2 unspecified atom stereocenters. The van der Waals surface area contributed by atoms with Crippen molar-refractivity contribution in [1.82, 2.24) is 4.90 Å². The van der Waals surface area contributed by atoms with Crippen LogP contribution in [0.1, 0.15) is 46.0 Å². The molecule has 0 aromatic rings.